The van der Waals surface area contributed by atoms with E-state index in [-0.39, 0.29) is 57.3 Å². The number of fused-ring (bicyclic) bond motifs is 1. The standard InChI is InChI=1S/C25H32N4O8S3/c1-15-12-29(16(2)14-30)25(31)19-8-6-9-20(27-39(32,33)24-17(3)26-37-18(24)4)23(19)36-21(15)13-28(5)40(34,35)22-10-7-11-38-22/h6-11,15-16,21,27,30H,12-14H2,1-5H3/t15-,16-,21-/m0/s1. The molecular weight excluding hydrogens is 580 g/mol. The maximum atomic E-state index is 13.7. The molecule has 3 aromatic rings. The molecule has 1 amide bonds. The van der Waals surface area contributed by atoms with E-state index >= 15 is 0 Å². The van der Waals surface area contributed by atoms with Crippen molar-refractivity contribution in [3.8, 4) is 5.75 Å². The maximum Gasteiger partial charge on any atom is 0.267 e. The molecular formula is C25H32N4O8S3. The number of carbonyl (C=O) groups excluding carboxylic acids is 1. The van der Waals surface area contributed by atoms with Crippen LogP contribution in [0, 0.1) is 19.8 Å². The number of nitrogens with zero attached hydrogens (tertiary/aromatic N) is 3. The molecule has 218 valence electrons. The summed E-state index contributed by atoms with van der Waals surface area (Å²) in [5.41, 5.74) is 0.223. The Morgan fingerprint density at radius 2 is 1.95 bits per heavy atom. The van der Waals surface area contributed by atoms with Crippen molar-refractivity contribution in [2.24, 2.45) is 5.92 Å². The number of ether oxygens (including phenoxy) is 1. The van der Waals surface area contributed by atoms with Gasteiger partial charge in [0, 0.05) is 19.5 Å². The molecule has 0 radical (unpaired) electrons. The second-order valence-corrected chi connectivity index (χ2v) is 14.6. The van der Waals surface area contributed by atoms with Gasteiger partial charge in [-0.3, -0.25) is 9.52 Å². The normalized spacial score (nSPS) is 19.1. The molecule has 3 heterocycles. The van der Waals surface area contributed by atoms with Gasteiger partial charge in [-0.2, -0.15) is 4.31 Å². The number of hydrogen-bond acceptors (Lipinski definition) is 10. The largest absolute Gasteiger partial charge is 0.486 e. The number of aliphatic hydroxyl groups is 1. The third kappa shape index (κ3) is 5.74. The molecule has 0 aliphatic carbocycles. The average molecular weight is 613 g/mol. The zero-order valence-corrected chi connectivity index (χ0v) is 25.1. The van der Waals surface area contributed by atoms with Crippen molar-refractivity contribution in [2.45, 2.75) is 48.9 Å². The number of aryl methyl sites for hydroxylation is 2. The van der Waals surface area contributed by atoms with Gasteiger partial charge in [0.05, 0.1) is 30.4 Å². The second-order valence-electron chi connectivity index (χ2n) is 9.78. The molecule has 3 atom stereocenters. The number of sulfonamides is 2. The highest BCUT2D eigenvalue weighted by Gasteiger charge is 2.37. The monoisotopic (exact) mass is 612 g/mol. The van der Waals surface area contributed by atoms with E-state index in [1.165, 1.54) is 54.4 Å². The molecule has 1 aromatic carbocycles. The average Bonchev–Trinajstić information content (AvgIpc) is 3.56. The minimum Gasteiger partial charge on any atom is -0.486 e. The lowest BCUT2D eigenvalue weighted by Crippen LogP contribution is -2.50. The first-order valence-electron chi connectivity index (χ1n) is 12.4. The molecule has 2 aromatic heterocycles. The summed E-state index contributed by atoms with van der Waals surface area (Å²) in [5.74, 6) is -0.814. The molecule has 12 nitrogen and oxygen atoms in total. The Labute approximate surface area is 237 Å². The predicted molar refractivity (Wildman–Crippen MR) is 149 cm³/mol. The molecule has 0 fully saturated rings. The van der Waals surface area contributed by atoms with Crippen molar-refractivity contribution in [1.82, 2.24) is 14.4 Å². The third-order valence-corrected chi connectivity index (χ3v) is 11.6. The lowest BCUT2D eigenvalue weighted by molar-refractivity contribution is 0.0389. The van der Waals surface area contributed by atoms with Gasteiger partial charge in [-0.05, 0) is 44.4 Å². The molecule has 2 N–H and O–H groups in total. The summed E-state index contributed by atoms with van der Waals surface area (Å²) in [6.07, 6.45) is -0.787. The van der Waals surface area contributed by atoms with E-state index in [1.54, 1.807) is 18.4 Å². The first kappa shape index (κ1) is 30.0. The Kier molecular flexibility index (Phi) is 8.61. The molecule has 15 heteroatoms. The van der Waals surface area contributed by atoms with E-state index in [4.69, 9.17) is 9.26 Å². The summed E-state index contributed by atoms with van der Waals surface area (Å²) in [6.45, 7) is 6.26. The smallest absolute Gasteiger partial charge is 0.267 e. The van der Waals surface area contributed by atoms with Crippen LogP contribution < -0.4 is 9.46 Å². The summed E-state index contributed by atoms with van der Waals surface area (Å²) in [5, 5.41) is 15.3. The number of carbonyl (C=O) groups is 1. The molecule has 0 saturated carbocycles. The van der Waals surface area contributed by atoms with Crippen LogP contribution >= 0.6 is 11.3 Å². The lowest BCUT2D eigenvalue weighted by atomic mass is 9.99. The first-order valence-corrected chi connectivity index (χ1v) is 16.2. The van der Waals surface area contributed by atoms with Crippen molar-refractivity contribution < 1.29 is 36.0 Å². The fraction of sp³-hybridized carbons (Fsp3) is 0.440. The summed E-state index contributed by atoms with van der Waals surface area (Å²) < 4.78 is 68.3. The number of nitrogens with one attached hydrogen (secondary N) is 1. The Morgan fingerprint density at radius 1 is 1.23 bits per heavy atom. The number of para-hydroxylation sites is 1. The minimum absolute atomic E-state index is 0.00896. The van der Waals surface area contributed by atoms with Crippen LogP contribution in [0.3, 0.4) is 0 Å². The van der Waals surface area contributed by atoms with Crippen LogP contribution in [0.4, 0.5) is 5.69 Å². The molecule has 1 aliphatic rings. The van der Waals surface area contributed by atoms with Crippen LogP contribution in [0.2, 0.25) is 0 Å². The molecule has 0 saturated heterocycles. The number of amides is 1. The SMILES string of the molecule is Cc1noc(C)c1S(=O)(=O)Nc1cccc2c1O[C@@H](CN(C)S(=O)(=O)c1cccs1)[C@@H](C)CN([C@@H](C)CO)C2=O. The van der Waals surface area contributed by atoms with Crippen LogP contribution in [0.15, 0.2) is 49.3 Å². The summed E-state index contributed by atoms with van der Waals surface area (Å²) in [4.78, 5) is 15.0. The van der Waals surface area contributed by atoms with Gasteiger partial charge >= 0.3 is 0 Å². The summed E-state index contributed by atoms with van der Waals surface area (Å²) in [6, 6.07) is 7.07. The zero-order chi connectivity index (χ0) is 29.4. The van der Waals surface area contributed by atoms with Gasteiger partial charge in [-0.1, -0.05) is 24.2 Å². The first-order chi connectivity index (χ1) is 18.8. The molecule has 0 bridgehead atoms. The van der Waals surface area contributed by atoms with Crippen LogP contribution in [0.25, 0.3) is 0 Å². The molecule has 0 spiro atoms. The maximum absolute atomic E-state index is 13.7. The highest BCUT2D eigenvalue weighted by Crippen LogP contribution is 2.37. The van der Waals surface area contributed by atoms with Crippen molar-refractivity contribution in [3.63, 3.8) is 0 Å². The minimum atomic E-state index is -4.20. The lowest BCUT2D eigenvalue weighted by Gasteiger charge is -2.38. The van der Waals surface area contributed by atoms with Gasteiger partial charge in [0.15, 0.2) is 16.4 Å². The fourth-order valence-corrected chi connectivity index (χ4v) is 8.29. The van der Waals surface area contributed by atoms with Crippen molar-refractivity contribution in [1.29, 1.82) is 0 Å². The topological polar surface area (TPSA) is 159 Å². The van der Waals surface area contributed by atoms with Crippen LogP contribution in [-0.2, 0) is 20.0 Å². The Morgan fingerprint density at radius 3 is 2.55 bits per heavy atom. The van der Waals surface area contributed by atoms with Gasteiger partial charge in [0.1, 0.15) is 16.0 Å². The van der Waals surface area contributed by atoms with E-state index in [0.717, 1.165) is 11.3 Å². The van der Waals surface area contributed by atoms with Crippen molar-refractivity contribution >= 4 is 43.0 Å². The number of likely N-dealkylation sites (N-methyl/N-ethyl adjacent to an activating group) is 1. The van der Waals surface area contributed by atoms with E-state index < -0.39 is 44.0 Å². The molecule has 1 aliphatic heterocycles. The molecule has 0 unspecified atom stereocenters. The number of aliphatic hydroxyl groups excluding tert-OH is 1. The Balaban J connectivity index is 1.79. The van der Waals surface area contributed by atoms with Gasteiger partial charge in [0.25, 0.3) is 26.0 Å². The second kappa shape index (κ2) is 11.5. The Bertz CT molecular complexity index is 1570. The summed E-state index contributed by atoms with van der Waals surface area (Å²) in [7, 11) is -6.58. The predicted octanol–water partition coefficient (Wildman–Crippen LogP) is 2.69. The highest BCUT2D eigenvalue weighted by atomic mass is 32.2. The van der Waals surface area contributed by atoms with Crippen molar-refractivity contribution in [2.75, 3.05) is 31.5 Å². The number of hydrogen-bond donors (Lipinski definition) is 2. The van der Waals surface area contributed by atoms with E-state index in [2.05, 4.69) is 9.88 Å². The number of thiophene rings is 1. The summed E-state index contributed by atoms with van der Waals surface area (Å²) >= 11 is 1.09. The van der Waals surface area contributed by atoms with E-state index in [9.17, 15) is 26.7 Å². The van der Waals surface area contributed by atoms with Crippen LogP contribution in [0.5, 0.6) is 5.75 Å². The van der Waals surface area contributed by atoms with Crippen LogP contribution in [-0.4, -0.2) is 81.1 Å². The number of aromatic nitrogens is 1. The van der Waals surface area contributed by atoms with Gasteiger partial charge in [-0.25, -0.2) is 16.8 Å². The quantitative estimate of drug-likeness (QED) is 0.370. The number of benzene rings is 1. The van der Waals surface area contributed by atoms with Crippen LogP contribution in [0.1, 0.15) is 35.7 Å². The third-order valence-electron chi connectivity index (χ3n) is 6.77. The molecule has 40 heavy (non-hydrogen) atoms. The van der Waals surface area contributed by atoms with Crippen molar-refractivity contribution in [3.05, 3.63) is 52.7 Å². The Hall–Kier alpha value is -2.98. The van der Waals surface area contributed by atoms with E-state index in [1.807, 2.05) is 6.92 Å². The van der Waals surface area contributed by atoms with Gasteiger partial charge in [0.2, 0.25) is 0 Å². The molecule has 4 rings (SSSR count). The van der Waals surface area contributed by atoms with Gasteiger partial charge in [-0.15, -0.1) is 11.3 Å². The van der Waals surface area contributed by atoms with Gasteiger partial charge < -0.3 is 19.3 Å². The zero-order valence-electron chi connectivity index (χ0n) is 22.7. The fourth-order valence-electron chi connectivity index (χ4n) is 4.51. The number of anilines is 1. The highest BCUT2D eigenvalue weighted by molar-refractivity contribution is 7.92. The van der Waals surface area contributed by atoms with E-state index in [0.29, 0.717) is 0 Å². The number of rotatable bonds is 9.